The Morgan fingerprint density at radius 1 is 1.10 bits per heavy atom. The van der Waals surface area contributed by atoms with Crippen LogP contribution >= 0.6 is 0 Å². The molecule has 4 heteroatoms. The van der Waals surface area contributed by atoms with Gasteiger partial charge in [0.2, 0.25) is 5.91 Å². The van der Waals surface area contributed by atoms with Crippen molar-refractivity contribution in [2.75, 3.05) is 5.32 Å². The quantitative estimate of drug-likeness (QED) is 0.907. The molecule has 106 valence electrons. The number of hydrogen-bond acceptors (Lipinski definition) is 3. The van der Waals surface area contributed by atoms with E-state index in [0.29, 0.717) is 6.42 Å². The topological polar surface area (TPSA) is 54.9 Å². The Hall–Kier alpha value is -1.97. The molecule has 1 heterocycles. The zero-order chi connectivity index (χ0) is 14.9. The first kappa shape index (κ1) is 14.4. The number of rotatable bonds is 2. The number of nitrogens with one attached hydrogen (secondary N) is 1. The molecule has 0 unspecified atom stereocenters. The molecule has 0 bridgehead atoms. The van der Waals surface area contributed by atoms with E-state index in [1.807, 2.05) is 52.8 Å². The molecule has 0 radical (unpaired) electrons. The fourth-order valence-electron chi connectivity index (χ4n) is 2.00. The van der Waals surface area contributed by atoms with Crippen molar-refractivity contribution in [3.8, 4) is 0 Å². The third kappa shape index (κ3) is 3.53. The minimum Gasteiger partial charge on any atom is -0.326 e. The Morgan fingerprint density at radius 3 is 2.30 bits per heavy atom. The standard InChI is InChI=1S/C16H21N3O/c1-10-11(2)18-14-8-12(6-7-13(14)17-10)19-15(20)9-16(3,4)5/h6-8H,9H2,1-5H3,(H,19,20). The monoisotopic (exact) mass is 271 g/mol. The van der Waals surface area contributed by atoms with Crippen LogP contribution in [0.2, 0.25) is 0 Å². The van der Waals surface area contributed by atoms with Crippen molar-refractivity contribution >= 4 is 22.6 Å². The normalized spacial score (nSPS) is 11.7. The molecule has 0 aliphatic rings. The number of nitrogens with zero attached hydrogens (tertiary/aromatic N) is 2. The van der Waals surface area contributed by atoms with Crippen LogP contribution in [0.25, 0.3) is 11.0 Å². The highest BCUT2D eigenvalue weighted by Crippen LogP contribution is 2.21. The second-order valence-electron chi connectivity index (χ2n) is 6.38. The summed E-state index contributed by atoms with van der Waals surface area (Å²) >= 11 is 0. The summed E-state index contributed by atoms with van der Waals surface area (Å²) in [6, 6.07) is 5.63. The van der Waals surface area contributed by atoms with Crippen molar-refractivity contribution in [3.63, 3.8) is 0 Å². The number of carbonyl (C=O) groups is 1. The molecule has 1 aromatic carbocycles. The molecule has 4 nitrogen and oxygen atoms in total. The van der Waals surface area contributed by atoms with Gasteiger partial charge in [-0.2, -0.15) is 0 Å². The lowest BCUT2D eigenvalue weighted by Gasteiger charge is -2.17. The minimum atomic E-state index is -0.0194. The van der Waals surface area contributed by atoms with Crippen molar-refractivity contribution in [1.29, 1.82) is 0 Å². The van der Waals surface area contributed by atoms with Gasteiger partial charge >= 0.3 is 0 Å². The second-order valence-corrected chi connectivity index (χ2v) is 6.38. The van der Waals surface area contributed by atoms with Gasteiger partial charge in [-0.15, -0.1) is 0 Å². The number of carbonyl (C=O) groups excluding carboxylic acids is 1. The first-order chi connectivity index (χ1) is 9.24. The molecule has 2 aromatic rings. The van der Waals surface area contributed by atoms with Gasteiger partial charge in [0.05, 0.1) is 22.4 Å². The Morgan fingerprint density at radius 2 is 1.70 bits per heavy atom. The maximum atomic E-state index is 11.9. The summed E-state index contributed by atoms with van der Waals surface area (Å²) < 4.78 is 0. The fourth-order valence-corrected chi connectivity index (χ4v) is 2.00. The first-order valence-electron chi connectivity index (χ1n) is 6.79. The average molecular weight is 271 g/mol. The number of anilines is 1. The van der Waals surface area contributed by atoms with Crippen molar-refractivity contribution in [2.45, 2.75) is 41.0 Å². The Labute approximate surface area is 119 Å². The molecule has 0 atom stereocenters. The number of benzene rings is 1. The van der Waals surface area contributed by atoms with Crippen LogP contribution in [0.3, 0.4) is 0 Å². The predicted molar refractivity (Wildman–Crippen MR) is 81.7 cm³/mol. The van der Waals surface area contributed by atoms with E-state index in [-0.39, 0.29) is 11.3 Å². The van der Waals surface area contributed by atoms with Gasteiger partial charge in [0.15, 0.2) is 0 Å². The number of aromatic nitrogens is 2. The molecule has 0 aliphatic heterocycles. The smallest absolute Gasteiger partial charge is 0.224 e. The van der Waals surface area contributed by atoms with Gasteiger partial charge in [0, 0.05) is 12.1 Å². The molecular weight excluding hydrogens is 250 g/mol. The largest absolute Gasteiger partial charge is 0.326 e. The van der Waals surface area contributed by atoms with Gasteiger partial charge in [0.25, 0.3) is 0 Å². The highest BCUT2D eigenvalue weighted by molar-refractivity contribution is 5.93. The second kappa shape index (κ2) is 5.19. The maximum absolute atomic E-state index is 11.9. The third-order valence-corrected chi connectivity index (χ3v) is 3.05. The van der Waals surface area contributed by atoms with Gasteiger partial charge in [0.1, 0.15) is 0 Å². The Balaban J connectivity index is 2.24. The van der Waals surface area contributed by atoms with Crippen molar-refractivity contribution < 1.29 is 4.79 Å². The van der Waals surface area contributed by atoms with E-state index >= 15 is 0 Å². The first-order valence-corrected chi connectivity index (χ1v) is 6.79. The number of amides is 1. The van der Waals surface area contributed by atoms with Crippen LogP contribution in [0.1, 0.15) is 38.6 Å². The van der Waals surface area contributed by atoms with Crippen LogP contribution in [0, 0.1) is 19.3 Å². The van der Waals surface area contributed by atoms with Crippen LogP contribution in [-0.2, 0) is 4.79 Å². The van der Waals surface area contributed by atoms with E-state index in [0.717, 1.165) is 28.1 Å². The van der Waals surface area contributed by atoms with E-state index in [1.165, 1.54) is 0 Å². The summed E-state index contributed by atoms with van der Waals surface area (Å²) in [7, 11) is 0. The van der Waals surface area contributed by atoms with Crippen molar-refractivity contribution in [1.82, 2.24) is 9.97 Å². The van der Waals surface area contributed by atoms with E-state index in [2.05, 4.69) is 15.3 Å². The summed E-state index contributed by atoms with van der Waals surface area (Å²) in [5.74, 6) is 0.0219. The number of hydrogen-bond donors (Lipinski definition) is 1. The molecule has 20 heavy (non-hydrogen) atoms. The molecule has 0 fully saturated rings. The fraction of sp³-hybridized carbons (Fsp3) is 0.438. The van der Waals surface area contributed by atoms with E-state index in [1.54, 1.807) is 0 Å². The average Bonchev–Trinajstić information content (AvgIpc) is 2.28. The lowest BCUT2D eigenvalue weighted by atomic mass is 9.92. The van der Waals surface area contributed by atoms with E-state index in [4.69, 9.17) is 0 Å². The maximum Gasteiger partial charge on any atom is 0.224 e. The van der Waals surface area contributed by atoms with Crippen LogP contribution in [-0.4, -0.2) is 15.9 Å². The molecule has 1 amide bonds. The minimum absolute atomic E-state index is 0.0194. The third-order valence-electron chi connectivity index (χ3n) is 3.05. The van der Waals surface area contributed by atoms with E-state index in [9.17, 15) is 4.79 Å². The summed E-state index contributed by atoms with van der Waals surface area (Å²) in [5.41, 5.74) is 4.25. The van der Waals surface area contributed by atoms with Gasteiger partial charge in [-0.05, 0) is 37.5 Å². The lowest BCUT2D eigenvalue weighted by Crippen LogP contribution is -2.19. The van der Waals surface area contributed by atoms with Crippen LogP contribution in [0.5, 0.6) is 0 Å². The van der Waals surface area contributed by atoms with Gasteiger partial charge in [-0.3, -0.25) is 4.79 Å². The van der Waals surface area contributed by atoms with Crippen molar-refractivity contribution in [3.05, 3.63) is 29.6 Å². The summed E-state index contributed by atoms with van der Waals surface area (Å²) in [6.07, 6.45) is 0.490. The zero-order valence-electron chi connectivity index (χ0n) is 12.7. The summed E-state index contributed by atoms with van der Waals surface area (Å²) in [5, 5.41) is 2.92. The van der Waals surface area contributed by atoms with Crippen LogP contribution in [0.4, 0.5) is 5.69 Å². The van der Waals surface area contributed by atoms with Gasteiger partial charge in [-0.1, -0.05) is 20.8 Å². The highest BCUT2D eigenvalue weighted by Gasteiger charge is 2.16. The molecule has 0 saturated heterocycles. The Bertz CT molecular complexity index is 657. The Kier molecular flexibility index (Phi) is 3.75. The number of aryl methyl sites for hydroxylation is 2. The highest BCUT2D eigenvalue weighted by atomic mass is 16.1. The molecule has 1 aromatic heterocycles. The molecule has 2 rings (SSSR count). The van der Waals surface area contributed by atoms with Crippen LogP contribution in [0.15, 0.2) is 18.2 Å². The SMILES string of the molecule is Cc1nc2ccc(NC(=O)CC(C)(C)C)cc2nc1C. The summed E-state index contributed by atoms with van der Waals surface area (Å²) in [6.45, 7) is 10.0. The van der Waals surface area contributed by atoms with Crippen molar-refractivity contribution in [2.24, 2.45) is 5.41 Å². The van der Waals surface area contributed by atoms with E-state index < -0.39 is 0 Å². The zero-order valence-corrected chi connectivity index (χ0v) is 12.7. The van der Waals surface area contributed by atoms with Gasteiger partial charge in [-0.25, -0.2) is 9.97 Å². The molecule has 0 aliphatic carbocycles. The predicted octanol–water partition coefficient (Wildman–Crippen LogP) is 3.62. The summed E-state index contributed by atoms with van der Waals surface area (Å²) in [4.78, 5) is 20.9. The van der Waals surface area contributed by atoms with Gasteiger partial charge < -0.3 is 5.32 Å². The molecule has 0 saturated carbocycles. The lowest BCUT2D eigenvalue weighted by molar-refractivity contribution is -0.117. The molecular formula is C16H21N3O. The molecule has 1 N–H and O–H groups in total. The van der Waals surface area contributed by atoms with Crippen LogP contribution < -0.4 is 5.32 Å². The number of fused-ring (bicyclic) bond motifs is 1. The molecule has 0 spiro atoms.